The summed E-state index contributed by atoms with van der Waals surface area (Å²) in [6, 6.07) is 0. The minimum atomic E-state index is 0.327. The van der Waals surface area contributed by atoms with Gasteiger partial charge >= 0.3 is 0 Å². The number of nitrogens with zero attached hydrogens (tertiary/aromatic N) is 2. The smallest absolute Gasteiger partial charge is 0.160 e. The van der Waals surface area contributed by atoms with Gasteiger partial charge in [-0.1, -0.05) is 27.2 Å². The van der Waals surface area contributed by atoms with E-state index in [0.29, 0.717) is 11.7 Å². The van der Waals surface area contributed by atoms with Crippen molar-refractivity contribution in [2.24, 2.45) is 0 Å². The van der Waals surface area contributed by atoms with Crippen LogP contribution < -0.4 is 0 Å². The third kappa shape index (κ3) is 2.08. The lowest BCUT2D eigenvalue weighted by molar-refractivity contribution is 0.452. The number of hydrogen-bond acceptors (Lipinski definition) is 2. The second kappa shape index (κ2) is 4.49. The monoisotopic (exact) mass is 196 g/mol. The first-order valence-electron chi connectivity index (χ1n) is 5.34. The van der Waals surface area contributed by atoms with E-state index in [1.165, 1.54) is 0 Å². The predicted octanol–water partition coefficient (Wildman–Crippen LogP) is 2.82. The number of unbranched alkanes of at least 4 members (excludes halogenated alkanes) is 1. The van der Waals surface area contributed by atoms with Gasteiger partial charge < -0.3 is 5.11 Å². The number of aromatic nitrogens is 2. The van der Waals surface area contributed by atoms with E-state index in [1.807, 2.05) is 11.6 Å². The van der Waals surface area contributed by atoms with Crippen molar-refractivity contribution in [3.8, 4) is 5.75 Å². The van der Waals surface area contributed by atoms with Crippen molar-refractivity contribution in [1.29, 1.82) is 0 Å². The minimum Gasteiger partial charge on any atom is -0.504 e. The normalized spacial score (nSPS) is 11.2. The SMILES string of the molecule is CCCCn1nc(C)c(O)c1C(C)C. The molecule has 1 heterocycles. The van der Waals surface area contributed by atoms with E-state index in [9.17, 15) is 5.11 Å². The van der Waals surface area contributed by atoms with Gasteiger partial charge in [0.25, 0.3) is 0 Å². The quantitative estimate of drug-likeness (QED) is 0.804. The highest BCUT2D eigenvalue weighted by Gasteiger charge is 2.16. The van der Waals surface area contributed by atoms with Gasteiger partial charge in [0.2, 0.25) is 0 Å². The van der Waals surface area contributed by atoms with E-state index in [1.54, 1.807) is 0 Å². The number of rotatable bonds is 4. The minimum absolute atomic E-state index is 0.327. The molecule has 0 aromatic carbocycles. The molecule has 1 rings (SSSR count). The summed E-state index contributed by atoms with van der Waals surface area (Å²) < 4.78 is 1.94. The molecule has 3 nitrogen and oxygen atoms in total. The van der Waals surface area contributed by atoms with Crippen molar-refractivity contribution in [2.75, 3.05) is 0 Å². The predicted molar refractivity (Wildman–Crippen MR) is 57.6 cm³/mol. The third-order valence-electron chi connectivity index (χ3n) is 2.40. The lowest BCUT2D eigenvalue weighted by Crippen LogP contribution is -2.06. The Bertz CT molecular complexity index is 302. The summed E-state index contributed by atoms with van der Waals surface area (Å²) in [6.45, 7) is 9.08. The second-order valence-electron chi connectivity index (χ2n) is 4.05. The van der Waals surface area contributed by atoms with E-state index in [0.717, 1.165) is 30.8 Å². The zero-order valence-electron chi connectivity index (χ0n) is 9.54. The zero-order chi connectivity index (χ0) is 10.7. The highest BCUT2D eigenvalue weighted by molar-refractivity contribution is 5.33. The molecule has 80 valence electrons. The molecule has 0 atom stereocenters. The summed E-state index contributed by atoms with van der Waals surface area (Å²) in [5.74, 6) is 0.698. The lowest BCUT2D eigenvalue weighted by Gasteiger charge is -2.09. The summed E-state index contributed by atoms with van der Waals surface area (Å²) in [5, 5.41) is 14.1. The topological polar surface area (TPSA) is 38.0 Å². The number of hydrogen-bond donors (Lipinski definition) is 1. The van der Waals surface area contributed by atoms with Gasteiger partial charge in [0.15, 0.2) is 5.75 Å². The van der Waals surface area contributed by atoms with E-state index >= 15 is 0 Å². The molecule has 0 aliphatic heterocycles. The summed E-state index contributed by atoms with van der Waals surface area (Å²) in [7, 11) is 0. The Hall–Kier alpha value is -0.990. The van der Waals surface area contributed by atoms with Crippen molar-refractivity contribution in [2.45, 2.75) is 53.0 Å². The van der Waals surface area contributed by atoms with E-state index < -0.39 is 0 Å². The molecule has 0 bridgehead atoms. The van der Waals surface area contributed by atoms with Gasteiger partial charge in [-0.3, -0.25) is 4.68 Å². The fraction of sp³-hybridized carbons (Fsp3) is 0.727. The molecule has 0 fully saturated rings. The summed E-state index contributed by atoms with van der Waals surface area (Å²) in [5.41, 5.74) is 1.71. The standard InChI is InChI=1S/C11H20N2O/c1-5-6-7-13-10(8(2)3)11(14)9(4)12-13/h8,14H,5-7H2,1-4H3. The molecule has 1 N–H and O–H groups in total. The van der Waals surface area contributed by atoms with Crippen LogP contribution in [0.25, 0.3) is 0 Å². The summed E-state index contributed by atoms with van der Waals surface area (Å²) in [6.07, 6.45) is 2.26. The Morgan fingerprint density at radius 3 is 2.57 bits per heavy atom. The van der Waals surface area contributed by atoms with Crippen molar-refractivity contribution >= 4 is 0 Å². The summed E-state index contributed by atoms with van der Waals surface area (Å²) in [4.78, 5) is 0. The molecule has 0 saturated carbocycles. The van der Waals surface area contributed by atoms with Crippen molar-refractivity contribution < 1.29 is 5.11 Å². The molecule has 0 aliphatic carbocycles. The van der Waals surface area contributed by atoms with Gasteiger partial charge in [-0.05, 0) is 19.3 Å². The van der Waals surface area contributed by atoms with Crippen LogP contribution in [-0.4, -0.2) is 14.9 Å². The zero-order valence-corrected chi connectivity index (χ0v) is 9.54. The van der Waals surface area contributed by atoms with Crippen LogP contribution in [0, 0.1) is 6.92 Å². The maximum absolute atomic E-state index is 9.80. The molecule has 0 unspecified atom stereocenters. The van der Waals surface area contributed by atoms with Crippen LogP contribution in [0.1, 0.15) is 50.9 Å². The number of aromatic hydroxyl groups is 1. The van der Waals surface area contributed by atoms with Crippen LogP contribution >= 0.6 is 0 Å². The van der Waals surface area contributed by atoms with Crippen LogP contribution in [0.4, 0.5) is 0 Å². The third-order valence-corrected chi connectivity index (χ3v) is 2.40. The molecule has 14 heavy (non-hydrogen) atoms. The van der Waals surface area contributed by atoms with E-state index in [2.05, 4.69) is 25.9 Å². The van der Waals surface area contributed by atoms with Crippen molar-refractivity contribution in [1.82, 2.24) is 9.78 Å². The fourth-order valence-electron chi connectivity index (χ4n) is 1.64. The van der Waals surface area contributed by atoms with Gasteiger partial charge in [-0.25, -0.2) is 0 Å². The van der Waals surface area contributed by atoms with Crippen molar-refractivity contribution in [3.05, 3.63) is 11.4 Å². The lowest BCUT2D eigenvalue weighted by atomic mass is 10.1. The Morgan fingerprint density at radius 1 is 1.43 bits per heavy atom. The molecule has 0 radical (unpaired) electrons. The summed E-state index contributed by atoms with van der Waals surface area (Å²) >= 11 is 0. The molecule has 3 heteroatoms. The molecular formula is C11H20N2O. The molecule has 1 aromatic rings. The van der Waals surface area contributed by atoms with Gasteiger partial charge in [0.05, 0.1) is 5.69 Å². The van der Waals surface area contributed by atoms with Gasteiger partial charge in [-0.15, -0.1) is 0 Å². The van der Waals surface area contributed by atoms with Crippen LogP contribution in [0.3, 0.4) is 0 Å². The number of aryl methyl sites for hydroxylation is 2. The Balaban J connectivity index is 2.96. The largest absolute Gasteiger partial charge is 0.504 e. The van der Waals surface area contributed by atoms with Crippen molar-refractivity contribution in [3.63, 3.8) is 0 Å². The van der Waals surface area contributed by atoms with Crippen LogP contribution in [-0.2, 0) is 6.54 Å². The molecule has 0 spiro atoms. The average Bonchev–Trinajstić information content (AvgIpc) is 2.39. The maximum Gasteiger partial charge on any atom is 0.160 e. The molecule has 1 aromatic heterocycles. The molecule has 0 amide bonds. The Kier molecular flexibility index (Phi) is 3.55. The van der Waals surface area contributed by atoms with Gasteiger partial charge in [0, 0.05) is 6.54 Å². The van der Waals surface area contributed by atoms with Crippen LogP contribution in [0.2, 0.25) is 0 Å². The van der Waals surface area contributed by atoms with Crippen LogP contribution in [0.15, 0.2) is 0 Å². The first-order valence-corrected chi connectivity index (χ1v) is 5.34. The Morgan fingerprint density at radius 2 is 2.07 bits per heavy atom. The molecular weight excluding hydrogens is 176 g/mol. The second-order valence-corrected chi connectivity index (χ2v) is 4.05. The Labute approximate surface area is 85.8 Å². The van der Waals surface area contributed by atoms with Gasteiger partial charge in [0.1, 0.15) is 5.69 Å². The average molecular weight is 196 g/mol. The highest BCUT2D eigenvalue weighted by Crippen LogP contribution is 2.28. The van der Waals surface area contributed by atoms with E-state index in [4.69, 9.17) is 0 Å². The molecule has 0 aliphatic rings. The first kappa shape index (κ1) is 11.1. The first-order chi connectivity index (χ1) is 6.57. The van der Waals surface area contributed by atoms with Crippen LogP contribution in [0.5, 0.6) is 5.75 Å². The highest BCUT2D eigenvalue weighted by atomic mass is 16.3. The fourth-order valence-corrected chi connectivity index (χ4v) is 1.64. The van der Waals surface area contributed by atoms with Gasteiger partial charge in [-0.2, -0.15) is 5.10 Å². The maximum atomic E-state index is 9.80. The van der Waals surface area contributed by atoms with E-state index in [-0.39, 0.29) is 0 Å². The molecule has 0 saturated heterocycles.